The van der Waals surface area contributed by atoms with Crippen molar-refractivity contribution in [1.82, 2.24) is 9.55 Å². The quantitative estimate of drug-likeness (QED) is 0.407. The molecule has 0 fully saturated rings. The minimum Gasteiger partial charge on any atom is -0.482 e. The van der Waals surface area contributed by atoms with Crippen LogP contribution in [0.1, 0.15) is 53.2 Å². The van der Waals surface area contributed by atoms with Gasteiger partial charge in [-0.15, -0.1) is 6.58 Å². The van der Waals surface area contributed by atoms with Gasteiger partial charge in [0.15, 0.2) is 17.7 Å². The van der Waals surface area contributed by atoms with Crippen LogP contribution in [-0.4, -0.2) is 15.3 Å². The first kappa shape index (κ1) is 20.7. The Balaban J connectivity index is 1.71. The van der Waals surface area contributed by atoms with Gasteiger partial charge in [-0.1, -0.05) is 35.3 Å². The van der Waals surface area contributed by atoms with E-state index in [0.29, 0.717) is 34.4 Å². The van der Waals surface area contributed by atoms with Crippen molar-refractivity contribution < 1.29 is 9.53 Å². The van der Waals surface area contributed by atoms with E-state index in [1.54, 1.807) is 24.4 Å². The van der Waals surface area contributed by atoms with E-state index in [4.69, 9.17) is 27.9 Å². The Kier molecular flexibility index (Phi) is 5.98. The predicted molar refractivity (Wildman–Crippen MR) is 120 cm³/mol. The molecular weight excluding hydrogens is 419 g/mol. The number of para-hydroxylation sites is 1. The maximum absolute atomic E-state index is 12.3. The van der Waals surface area contributed by atoms with E-state index >= 15 is 0 Å². The first-order valence-corrected chi connectivity index (χ1v) is 10.7. The molecule has 0 saturated carbocycles. The number of rotatable bonds is 6. The second kappa shape index (κ2) is 8.66. The van der Waals surface area contributed by atoms with Crippen molar-refractivity contribution in [2.45, 2.75) is 38.7 Å². The smallest absolute Gasteiger partial charge is 0.163 e. The minimum atomic E-state index is -0.367. The highest BCUT2D eigenvalue weighted by Crippen LogP contribution is 2.35. The van der Waals surface area contributed by atoms with Crippen molar-refractivity contribution in [2.24, 2.45) is 0 Å². The van der Waals surface area contributed by atoms with E-state index in [9.17, 15) is 4.79 Å². The number of allylic oxidation sites excluding steroid dienone is 1. The number of carbonyl (C=O) groups excluding carboxylic acids is 1. The predicted octanol–water partition coefficient (Wildman–Crippen LogP) is 6.57. The molecule has 0 amide bonds. The van der Waals surface area contributed by atoms with Crippen molar-refractivity contribution >= 4 is 29.0 Å². The van der Waals surface area contributed by atoms with Crippen LogP contribution in [0.2, 0.25) is 10.0 Å². The van der Waals surface area contributed by atoms with E-state index < -0.39 is 0 Å². The average molecular weight is 441 g/mol. The third-order valence-electron chi connectivity index (χ3n) is 5.38. The fourth-order valence-corrected chi connectivity index (χ4v) is 4.60. The van der Waals surface area contributed by atoms with Crippen LogP contribution in [0.5, 0.6) is 5.75 Å². The van der Waals surface area contributed by atoms with E-state index in [1.165, 1.54) is 0 Å². The third-order valence-corrected chi connectivity index (χ3v) is 5.99. The van der Waals surface area contributed by atoms with Crippen molar-refractivity contribution in [3.8, 4) is 11.4 Å². The molecule has 1 unspecified atom stereocenters. The summed E-state index contributed by atoms with van der Waals surface area (Å²) in [7, 11) is 0. The first-order chi connectivity index (χ1) is 14.5. The number of nitrogens with zero attached hydrogens (tertiary/aromatic N) is 2. The number of ketones is 1. The Morgan fingerprint density at radius 3 is 2.73 bits per heavy atom. The fraction of sp³-hybridized carbons (Fsp3) is 0.250. The van der Waals surface area contributed by atoms with Gasteiger partial charge in [-0.2, -0.15) is 0 Å². The number of Topliss-reactive ketones (excluding diaryl/α,β-unsaturated/α-hetero) is 1. The maximum atomic E-state index is 12.3. The lowest BCUT2D eigenvalue weighted by atomic mass is 9.86. The highest BCUT2D eigenvalue weighted by atomic mass is 35.5. The van der Waals surface area contributed by atoms with Gasteiger partial charge in [0.2, 0.25) is 0 Å². The second-order valence-electron chi connectivity index (χ2n) is 7.32. The van der Waals surface area contributed by atoms with Crippen molar-refractivity contribution in [3.63, 3.8) is 0 Å². The van der Waals surface area contributed by atoms with Gasteiger partial charge in [-0.05, 0) is 56.0 Å². The molecule has 0 bridgehead atoms. The van der Waals surface area contributed by atoms with Crippen LogP contribution >= 0.6 is 23.2 Å². The minimum absolute atomic E-state index is 0.199. The molecule has 3 aromatic rings. The molecular formula is C24H22Cl2N2O2. The van der Waals surface area contributed by atoms with Crippen molar-refractivity contribution in [1.29, 1.82) is 0 Å². The normalized spacial score (nSPS) is 14.3. The van der Waals surface area contributed by atoms with Gasteiger partial charge in [0.05, 0.1) is 15.7 Å². The summed E-state index contributed by atoms with van der Waals surface area (Å²) >= 11 is 12.8. The SMILES string of the molecule is C=CCc1c(OC(C)c2nccn2-c2c(Cl)cccc2Cl)ccc2c1CCCC2=O. The summed E-state index contributed by atoms with van der Waals surface area (Å²) in [4.78, 5) is 16.8. The zero-order valence-corrected chi connectivity index (χ0v) is 18.2. The molecule has 1 aliphatic rings. The molecule has 0 aliphatic heterocycles. The number of fused-ring (bicyclic) bond motifs is 1. The summed E-state index contributed by atoms with van der Waals surface area (Å²) in [6, 6.07) is 9.15. The van der Waals surface area contributed by atoms with Crippen LogP contribution in [0.4, 0.5) is 0 Å². The number of ether oxygens (including phenoxy) is 1. The van der Waals surface area contributed by atoms with Gasteiger partial charge >= 0.3 is 0 Å². The van der Waals surface area contributed by atoms with E-state index in [2.05, 4.69) is 11.6 Å². The number of imidazole rings is 1. The topological polar surface area (TPSA) is 44.1 Å². The summed E-state index contributed by atoms with van der Waals surface area (Å²) < 4.78 is 8.21. The van der Waals surface area contributed by atoms with Crippen molar-refractivity contribution in [3.05, 3.63) is 87.9 Å². The standard InChI is InChI=1S/C24H22Cl2N2O2/c1-3-6-18-16-7-4-10-21(29)17(16)11-12-22(18)30-15(2)24-27-13-14-28(24)23-19(25)8-5-9-20(23)26/h3,5,8-9,11-15H,1,4,6-7,10H2,2H3. The number of halogens is 2. The van der Waals surface area contributed by atoms with Gasteiger partial charge in [-0.25, -0.2) is 4.98 Å². The van der Waals surface area contributed by atoms with E-state index in [1.807, 2.05) is 35.9 Å². The van der Waals surface area contributed by atoms with Crippen LogP contribution in [0, 0.1) is 0 Å². The first-order valence-electron chi connectivity index (χ1n) is 9.94. The molecule has 30 heavy (non-hydrogen) atoms. The average Bonchev–Trinajstić information content (AvgIpc) is 3.19. The Bertz CT molecular complexity index is 1100. The number of hydrogen-bond donors (Lipinski definition) is 0. The van der Waals surface area contributed by atoms with Crippen LogP contribution in [0.3, 0.4) is 0 Å². The summed E-state index contributed by atoms with van der Waals surface area (Å²) in [5, 5.41) is 1.07. The third kappa shape index (κ3) is 3.78. The Labute approximate surface area is 186 Å². The largest absolute Gasteiger partial charge is 0.482 e. The lowest BCUT2D eigenvalue weighted by molar-refractivity contribution is 0.0972. The second-order valence-corrected chi connectivity index (χ2v) is 8.14. The summed E-state index contributed by atoms with van der Waals surface area (Å²) in [6.07, 6.45) is 7.98. The highest BCUT2D eigenvalue weighted by Gasteiger charge is 2.24. The molecule has 0 N–H and O–H groups in total. The molecule has 2 aromatic carbocycles. The molecule has 154 valence electrons. The molecule has 0 spiro atoms. The molecule has 1 atom stereocenters. The summed E-state index contributed by atoms with van der Waals surface area (Å²) in [5.41, 5.74) is 3.58. The maximum Gasteiger partial charge on any atom is 0.163 e. The molecule has 1 heterocycles. The molecule has 1 aliphatic carbocycles. The molecule has 0 saturated heterocycles. The molecule has 4 nitrogen and oxygen atoms in total. The van der Waals surface area contributed by atoms with Gasteiger partial charge < -0.3 is 4.74 Å². The van der Waals surface area contributed by atoms with Crippen molar-refractivity contribution in [2.75, 3.05) is 0 Å². The number of hydrogen-bond acceptors (Lipinski definition) is 3. The number of aromatic nitrogens is 2. The Morgan fingerprint density at radius 2 is 2.00 bits per heavy atom. The number of benzene rings is 2. The summed E-state index contributed by atoms with van der Waals surface area (Å²) in [6.45, 7) is 5.82. The lowest BCUT2D eigenvalue weighted by Gasteiger charge is -2.23. The van der Waals surface area contributed by atoms with Crippen LogP contribution in [0.15, 0.2) is 55.4 Å². The van der Waals surface area contributed by atoms with Gasteiger partial charge in [0.25, 0.3) is 0 Å². The Morgan fingerprint density at radius 1 is 1.23 bits per heavy atom. The monoisotopic (exact) mass is 440 g/mol. The van der Waals surface area contributed by atoms with Crippen LogP contribution < -0.4 is 4.74 Å². The van der Waals surface area contributed by atoms with Gasteiger partial charge in [-0.3, -0.25) is 9.36 Å². The molecule has 1 aromatic heterocycles. The lowest BCUT2D eigenvalue weighted by Crippen LogP contribution is -2.16. The molecule has 0 radical (unpaired) electrons. The molecule has 6 heteroatoms. The molecule has 4 rings (SSSR count). The van der Waals surface area contributed by atoms with E-state index in [-0.39, 0.29) is 11.9 Å². The van der Waals surface area contributed by atoms with Crippen LogP contribution in [-0.2, 0) is 12.8 Å². The van der Waals surface area contributed by atoms with Crippen LogP contribution in [0.25, 0.3) is 5.69 Å². The summed E-state index contributed by atoms with van der Waals surface area (Å²) in [5.74, 6) is 1.63. The van der Waals surface area contributed by atoms with Gasteiger partial charge in [0.1, 0.15) is 5.75 Å². The fourth-order valence-electron chi connectivity index (χ4n) is 4.02. The Hall–Kier alpha value is -2.56. The van der Waals surface area contributed by atoms with Gasteiger partial charge in [0, 0.05) is 29.9 Å². The highest BCUT2D eigenvalue weighted by molar-refractivity contribution is 6.37. The zero-order chi connectivity index (χ0) is 21.3. The zero-order valence-electron chi connectivity index (χ0n) is 16.7. The van der Waals surface area contributed by atoms with E-state index in [0.717, 1.165) is 35.3 Å². The number of carbonyl (C=O) groups is 1.